The molecule has 2 aromatic rings. The predicted octanol–water partition coefficient (Wildman–Crippen LogP) is 1.67. The Bertz CT molecular complexity index is 476. The second-order valence-corrected chi connectivity index (χ2v) is 4.46. The zero-order valence-electron chi connectivity index (χ0n) is 8.36. The summed E-state index contributed by atoms with van der Waals surface area (Å²) < 4.78 is 9.50. The number of hydrogen-bond donors (Lipinski definition) is 1. The summed E-state index contributed by atoms with van der Waals surface area (Å²) in [5, 5.41) is 7.48. The molecule has 3 heterocycles. The Kier molecular flexibility index (Phi) is 2.07. The van der Waals surface area contributed by atoms with Gasteiger partial charge in [-0.3, -0.25) is 0 Å². The fourth-order valence-electron chi connectivity index (χ4n) is 1.97. The third-order valence-electron chi connectivity index (χ3n) is 2.73. The second-order valence-electron chi connectivity index (χ2n) is 3.67. The summed E-state index contributed by atoms with van der Waals surface area (Å²) in [4.78, 5) is 1.16. The van der Waals surface area contributed by atoms with Crippen molar-refractivity contribution in [3.8, 4) is 0 Å². The summed E-state index contributed by atoms with van der Waals surface area (Å²) in [7, 11) is 0. The molecule has 78 valence electrons. The Labute approximate surface area is 91.5 Å². The van der Waals surface area contributed by atoms with E-state index in [2.05, 4.69) is 14.9 Å². The van der Waals surface area contributed by atoms with E-state index in [-0.39, 0.29) is 6.04 Å². The van der Waals surface area contributed by atoms with Crippen molar-refractivity contribution in [1.29, 1.82) is 0 Å². The summed E-state index contributed by atoms with van der Waals surface area (Å²) in [6.45, 7) is 2.96. The summed E-state index contributed by atoms with van der Waals surface area (Å²) in [6, 6.07) is 2.19. The highest BCUT2D eigenvalue weighted by molar-refractivity contribution is 7.05. The first-order valence-corrected chi connectivity index (χ1v) is 5.72. The van der Waals surface area contributed by atoms with Crippen LogP contribution in [0.15, 0.2) is 16.7 Å². The Morgan fingerprint density at radius 2 is 2.53 bits per heavy atom. The van der Waals surface area contributed by atoms with Crippen molar-refractivity contribution in [2.24, 2.45) is 0 Å². The maximum absolute atomic E-state index is 5.54. The maximum atomic E-state index is 5.54. The van der Waals surface area contributed by atoms with Crippen LogP contribution >= 0.6 is 11.5 Å². The Morgan fingerprint density at radius 1 is 1.60 bits per heavy atom. The quantitative estimate of drug-likeness (QED) is 0.796. The molecule has 15 heavy (non-hydrogen) atoms. The molecule has 2 aromatic heterocycles. The van der Waals surface area contributed by atoms with Gasteiger partial charge in [0.2, 0.25) is 0 Å². The standard InChI is InChI=1S/C10H11N3OS/c1-6-10(15-13-12-6)8-9-7(2-4-11-8)3-5-14-9/h3,5,8,11H,2,4H2,1H3. The van der Waals surface area contributed by atoms with E-state index >= 15 is 0 Å². The lowest BCUT2D eigenvalue weighted by molar-refractivity contribution is 0.427. The Balaban J connectivity index is 2.07. The zero-order chi connectivity index (χ0) is 10.3. The molecule has 0 amide bonds. The van der Waals surface area contributed by atoms with Gasteiger partial charge in [0.1, 0.15) is 11.8 Å². The van der Waals surface area contributed by atoms with Crippen LogP contribution in [0.3, 0.4) is 0 Å². The fourth-order valence-corrected chi connectivity index (χ4v) is 2.69. The van der Waals surface area contributed by atoms with E-state index in [1.54, 1.807) is 6.26 Å². The van der Waals surface area contributed by atoms with Gasteiger partial charge >= 0.3 is 0 Å². The van der Waals surface area contributed by atoms with Crippen LogP contribution < -0.4 is 5.32 Å². The average molecular weight is 221 g/mol. The van der Waals surface area contributed by atoms with Crippen molar-refractivity contribution < 1.29 is 4.42 Å². The van der Waals surface area contributed by atoms with Gasteiger partial charge in [0.05, 0.1) is 16.8 Å². The molecule has 0 aromatic carbocycles. The summed E-state index contributed by atoms with van der Waals surface area (Å²) in [5.41, 5.74) is 2.29. The van der Waals surface area contributed by atoms with Crippen LogP contribution in [-0.2, 0) is 6.42 Å². The van der Waals surface area contributed by atoms with Crippen LogP contribution in [0.25, 0.3) is 0 Å². The molecule has 0 saturated heterocycles. The average Bonchev–Trinajstić information content (AvgIpc) is 2.85. The van der Waals surface area contributed by atoms with Gasteiger partial charge < -0.3 is 9.73 Å². The molecule has 0 spiro atoms. The molecule has 1 N–H and O–H groups in total. The molecule has 1 unspecified atom stereocenters. The second kappa shape index (κ2) is 3.43. The van der Waals surface area contributed by atoms with Crippen molar-refractivity contribution >= 4 is 11.5 Å². The van der Waals surface area contributed by atoms with Crippen LogP contribution in [0, 0.1) is 6.92 Å². The van der Waals surface area contributed by atoms with Gasteiger partial charge in [-0.25, -0.2) is 0 Å². The van der Waals surface area contributed by atoms with Crippen LogP contribution in [0.2, 0.25) is 0 Å². The van der Waals surface area contributed by atoms with Gasteiger partial charge in [0.25, 0.3) is 0 Å². The van der Waals surface area contributed by atoms with Gasteiger partial charge in [-0.05, 0) is 36.5 Å². The first-order valence-electron chi connectivity index (χ1n) is 4.95. The van der Waals surface area contributed by atoms with Gasteiger partial charge in [-0.1, -0.05) is 4.49 Å². The summed E-state index contributed by atoms with van der Waals surface area (Å²) in [6.07, 6.45) is 2.79. The summed E-state index contributed by atoms with van der Waals surface area (Å²) in [5.74, 6) is 1.02. The Morgan fingerprint density at radius 3 is 3.33 bits per heavy atom. The monoisotopic (exact) mass is 221 g/mol. The topological polar surface area (TPSA) is 51.0 Å². The molecule has 0 fully saturated rings. The molecular weight excluding hydrogens is 210 g/mol. The molecule has 0 bridgehead atoms. The third-order valence-corrected chi connectivity index (χ3v) is 3.63. The van der Waals surface area contributed by atoms with E-state index in [1.807, 2.05) is 13.0 Å². The minimum Gasteiger partial charge on any atom is -0.467 e. The maximum Gasteiger partial charge on any atom is 0.129 e. The molecule has 5 heteroatoms. The number of furan rings is 1. The van der Waals surface area contributed by atoms with Crippen molar-refractivity contribution in [1.82, 2.24) is 14.9 Å². The lowest BCUT2D eigenvalue weighted by atomic mass is 10.0. The highest BCUT2D eigenvalue weighted by Crippen LogP contribution is 2.32. The molecule has 1 aliphatic rings. The molecular formula is C10H11N3OS. The number of aromatic nitrogens is 2. The van der Waals surface area contributed by atoms with Crippen molar-refractivity contribution in [3.63, 3.8) is 0 Å². The molecule has 0 radical (unpaired) electrons. The smallest absolute Gasteiger partial charge is 0.129 e. The minimum atomic E-state index is 0.142. The first-order chi connectivity index (χ1) is 7.36. The number of hydrogen-bond acceptors (Lipinski definition) is 5. The molecule has 4 nitrogen and oxygen atoms in total. The largest absolute Gasteiger partial charge is 0.467 e. The molecule has 3 rings (SSSR count). The van der Waals surface area contributed by atoms with Crippen molar-refractivity contribution in [2.75, 3.05) is 6.54 Å². The normalized spacial score (nSPS) is 20.2. The number of nitrogens with zero attached hydrogens (tertiary/aromatic N) is 2. The van der Waals surface area contributed by atoms with Crippen molar-refractivity contribution in [3.05, 3.63) is 34.2 Å². The number of nitrogens with one attached hydrogen (secondary N) is 1. The zero-order valence-corrected chi connectivity index (χ0v) is 9.17. The van der Waals surface area contributed by atoms with E-state index in [9.17, 15) is 0 Å². The van der Waals surface area contributed by atoms with Gasteiger partial charge in [0, 0.05) is 6.54 Å². The minimum absolute atomic E-state index is 0.142. The third kappa shape index (κ3) is 1.39. The lowest BCUT2D eigenvalue weighted by Gasteiger charge is -2.21. The van der Waals surface area contributed by atoms with E-state index in [4.69, 9.17) is 4.42 Å². The van der Waals surface area contributed by atoms with Gasteiger partial charge in [0.15, 0.2) is 0 Å². The molecule has 1 atom stereocenters. The predicted molar refractivity (Wildman–Crippen MR) is 56.9 cm³/mol. The van der Waals surface area contributed by atoms with Gasteiger partial charge in [-0.15, -0.1) is 5.10 Å². The number of rotatable bonds is 1. The Hall–Kier alpha value is -1.20. The van der Waals surface area contributed by atoms with Crippen LogP contribution in [-0.4, -0.2) is 16.1 Å². The van der Waals surface area contributed by atoms with Crippen LogP contribution in [0.4, 0.5) is 0 Å². The number of fused-ring (bicyclic) bond motifs is 1. The first kappa shape index (κ1) is 9.06. The van der Waals surface area contributed by atoms with E-state index in [0.29, 0.717) is 0 Å². The van der Waals surface area contributed by atoms with Crippen molar-refractivity contribution in [2.45, 2.75) is 19.4 Å². The fraction of sp³-hybridized carbons (Fsp3) is 0.400. The van der Waals surface area contributed by atoms with E-state index in [0.717, 1.165) is 29.3 Å². The molecule has 1 aliphatic heterocycles. The highest BCUT2D eigenvalue weighted by atomic mass is 32.1. The van der Waals surface area contributed by atoms with Crippen LogP contribution in [0.5, 0.6) is 0 Å². The number of aryl methyl sites for hydroxylation is 1. The molecule has 0 saturated carbocycles. The van der Waals surface area contributed by atoms with Gasteiger partial charge in [-0.2, -0.15) is 0 Å². The van der Waals surface area contributed by atoms with Crippen LogP contribution in [0.1, 0.15) is 27.9 Å². The lowest BCUT2D eigenvalue weighted by Crippen LogP contribution is -2.29. The summed E-state index contributed by atoms with van der Waals surface area (Å²) >= 11 is 1.44. The highest BCUT2D eigenvalue weighted by Gasteiger charge is 2.27. The van der Waals surface area contributed by atoms with E-state index < -0.39 is 0 Å². The molecule has 0 aliphatic carbocycles. The SMILES string of the molecule is Cc1nnsc1C1NCCc2ccoc21. The van der Waals surface area contributed by atoms with E-state index in [1.165, 1.54) is 17.1 Å².